The molecule has 0 aliphatic rings. The van der Waals surface area contributed by atoms with Gasteiger partial charge in [0.05, 0.1) is 4.92 Å². The molecule has 0 aliphatic carbocycles. The van der Waals surface area contributed by atoms with Gasteiger partial charge in [-0.3, -0.25) is 14.9 Å². The number of non-ortho nitro benzene ring substituents is 1. The van der Waals surface area contributed by atoms with Crippen molar-refractivity contribution in [3.05, 3.63) is 69.8 Å². The number of hydrogen-bond acceptors (Lipinski definition) is 4. The van der Waals surface area contributed by atoms with Crippen molar-refractivity contribution < 1.29 is 22.9 Å². The van der Waals surface area contributed by atoms with E-state index in [9.17, 15) is 28.1 Å². The lowest BCUT2D eigenvalue weighted by molar-refractivity contribution is -0.384. The lowest BCUT2D eigenvalue weighted by atomic mass is 10.0. The van der Waals surface area contributed by atoms with Gasteiger partial charge < -0.3 is 5.32 Å². The van der Waals surface area contributed by atoms with Crippen LogP contribution in [0.15, 0.2) is 48.5 Å². The molecular formula is C17H15F3N2O3S. The maximum absolute atomic E-state index is 12.9. The third-order valence-electron chi connectivity index (χ3n) is 3.45. The molecule has 0 radical (unpaired) electrons. The molecule has 0 saturated carbocycles. The van der Waals surface area contributed by atoms with E-state index in [0.717, 1.165) is 0 Å². The first-order chi connectivity index (χ1) is 12.1. The Hall–Kier alpha value is -2.55. The van der Waals surface area contributed by atoms with Crippen molar-refractivity contribution >= 4 is 29.0 Å². The fourth-order valence-corrected chi connectivity index (χ4v) is 3.23. The average Bonchev–Trinajstić information content (AvgIpc) is 2.54. The van der Waals surface area contributed by atoms with Crippen LogP contribution in [0.5, 0.6) is 0 Å². The number of carbonyl (C=O) groups is 1. The minimum absolute atomic E-state index is 0.0857. The number of alkyl halides is 3. The standard InChI is InChI=1S/C17H15F3N2O3S/c1-11(23)21-14-6-2-12(3-7-14)10-16(26-17(18,19)20)13-4-8-15(9-5-13)22(24)25/h2-9,16H,10H2,1H3,(H,21,23). The van der Waals surface area contributed by atoms with Crippen molar-refractivity contribution in [2.75, 3.05) is 5.32 Å². The first-order valence-corrected chi connectivity index (χ1v) is 8.37. The van der Waals surface area contributed by atoms with E-state index >= 15 is 0 Å². The van der Waals surface area contributed by atoms with Crippen LogP contribution in [-0.2, 0) is 11.2 Å². The molecule has 0 heterocycles. The molecule has 0 aliphatic heterocycles. The van der Waals surface area contributed by atoms with E-state index in [0.29, 0.717) is 16.8 Å². The SMILES string of the molecule is CC(=O)Nc1ccc(CC(SC(F)(F)F)c2ccc([N+](=O)[O-])cc2)cc1. The number of thioether (sulfide) groups is 1. The van der Waals surface area contributed by atoms with Gasteiger partial charge in [-0.1, -0.05) is 24.3 Å². The van der Waals surface area contributed by atoms with Crippen LogP contribution in [0, 0.1) is 10.1 Å². The highest BCUT2D eigenvalue weighted by Gasteiger charge is 2.34. The number of hydrogen-bond donors (Lipinski definition) is 1. The molecule has 0 saturated heterocycles. The molecule has 2 aromatic carbocycles. The number of nitro groups is 1. The largest absolute Gasteiger partial charge is 0.442 e. The molecule has 2 rings (SSSR count). The number of anilines is 1. The number of nitro benzene ring substituents is 1. The van der Waals surface area contributed by atoms with Crippen molar-refractivity contribution in [3.63, 3.8) is 0 Å². The molecule has 1 unspecified atom stereocenters. The predicted molar refractivity (Wildman–Crippen MR) is 93.9 cm³/mol. The quantitative estimate of drug-likeness (QED) is 0.556. The molecule has 26 heavy (non-hydrogen) atoms. The Kier molecular flexibility index (Phi) is 6.25. The molecule has 9 heteroatoms. The summed E-state index contributed by atoms with van der Waals surface area (Å²) in [6.45, 7) is 1.36. The zero-order valence-corrected chi connectivity index (χ0v) is 14.4. The monoisotopic (exact) mass is 384 g/mol. The van der Waals surface area contributed by atoms with Gasteiger partial charge in [-0.2, -0.15) is 13.2 Å². The summed E-state index contributed by atoms with van der Waals surface area (Å²) < 4.78 is 38.7. The summed E-state index contributed by atoms with van der Waals surface area (Å²) in [5.41, 5.74) is -3.06. The molecule has 0 bridgehead atoms. The van der Waals surface area contributed by atoms with Crippen LogP contribution in [-0.4, -0.2) is 16.3 Å². The molecule has 0 aromatic heterocycles. The summed E-state index contributed by atoms with van der Waals surface area (Å²) >= 11 is -0.161. The molecule has 0 spiro atoms. The molecule has 1 amide bonds. The second-order valence-electron chi connectivity index (χ2n) is 5.48. The van der Waals surface area contributed by atoms with E-state index in [-0.39, 0.29) is 29.8 Å². The van der Waals surface area contributed by atoms with Crippen LogP contribution in [0.2, 0.25) is 0 Å². The maximum atomic E-state index is 12.9. The second-order valence-corrected chi connectivity index (χ2v) is 6.75. The summed E-state index contributed by atoms with van der Waals surface area (Å²) in [6.07, 6.45) is 0.0857. The zero-order valence-electron chi connectivity index (χ0n) is 13.6. The van der Waals surface area contributed by atoms with Crippen molar-refractivity contribution in [2.45, 2.75) is 24.1 Å². The van der Waals surface area contributed by atoms with Gasteiger partial charge in [0, 0.05) is 30.0 Å². The lowest BCUT2D eigenvalue weighted by Crippen LogP contribution is -2.09. The summed E-state index contributed by atoms with van der Waals surface area (Å²) in [5, 5.41) is 12.3. The van der Waals surface area contributed by atoms with Crippen LogP contribution in [0.25, 0.3) is 0 Å². The Labute approximate surface area is 151 Å². The Morgan fingerprint density at radius 1 is 1.15 bits per heavy atom. The number of nitrogens with one attached hydrogen (secondary N) is 1. The topological polar surface area (TPSA) is 72.2 Å². The minimum Gasteiger partial charge on any atom is -0.326 e. The highest BCUT2D eigenvalue weighted by molar-refractivity contribution is 8.00. The summed E-state index contributed by atoms with van der Waals surface area (Å²) in [6, 6.07) is 11.6. The number of carbonyl (C=O) groups excluding carboxylic acids is 1. The lowest BCUT2D eigenvalue weighted by Gasteiger charge is -2.19. The average molecular weight is 384 g/mol. The van der Waals surface area contributed by atoms with Crippen LogP contribution in [0.3, 0.4) is 0 Å². The molecule has 1 N–H and O–H groups in total. The third-order valence-corrected chi connectivity index (χ3v) is 4.44. The maximum Gasteiger partial charge on any atom is 0.442 e. The van der Waals surface area contributed by atoms with Gasteiger partial charge in [0.1, 0.15) is 0 Å². The van der Waals surface area contributed by atoms with Gasteiger partial charge in [-0.15, -0.1) is 0 Å². The Bertz CT molecular complexity index is 777. The van der Waals surface area contributed by atoms with Gasteiger partial charge in [0.25, 0.3) is 5.69 Å². The second kappa shape index (κ2) is 8.22. The highest BCUT2D eigenvalue weighted by Crippen LogP contribution is 2.44. The van der Waals surface area contributed by atoms with E-state index in [1.807, 2.05) is 0 Å². The van der Waals surface area contributed by atoms with Gasteiger partial charge >= 0.3 is 5.51 Å². The number of benzene rings is 2. The van der Waals surface area contributed by atoms with E-state index in [4.69, 9.17) is 0 Å². The number of nitrogens with zero attached hydrogens (tertiary/aromatic N) is 1. The van der Waals surface area contributed by atoms with E-state index in [1.54, 1.807) is 24.3 Å². The van der Waals surface area contributed by atoms with Crippen molar-refractivity contribution in [1.82, 2.24) is 0 Å². The van der Waals surface area contributed by atoms with E-state index in [1.165, 1.54) is 31.2 Å². The Morgan fingerprint density at radius 2 is 1.73 bits per heavy atom. The first-order valence-electron chi connectivity index (χ1n) is 7.49. The Balaban J connectivity index is 2.21. The van der Waals surface area contributed by atoms with Crippen LogP contribution in [0.4, 0.5) is 24.5 Å². The Morgan fingerprint density at radius 3 is 2.19 bits per heavy atom. The molecule has 1 atom stereocenters. The van der Waals surface area contributed by atoms with E-state index in [2.05, 4.69) is 5.32 Å². The molecule has 138 valence electrons. The van der Waals surface area contributed by atoms with E-state index < -0.39 is 15.7 Å². The van der Waals surface area contributed by atoms with Gasteiger partial charge in [0.15, 0.2) is 0 Å². The fourth-order valence-electron chi connectivity index (χ4n) is 2.34. The van der Waals surface area contributed by atoms with Gasteiger partial charge in [0.2, 0.25) is 5.91 Å². The zero-order chi connectivity index (χ0) is 19.3. The first kappa shape index (κ1) is 19.8. The summed E-state index contributed by atoms with van der Waals surface area (Å²) in [5.74, 6) is -0.242. The smallest absolute Gasteiger partial charge is 0.326 e. The normalized spacial score (nSPS) is 12.5. The molecular weight excluding hydrogens is 369 g/mol. The fraction of sp³-hybridized carbons (Fsp3) is 0.235. The predicted octanol–water partition coefficient (Wildman–Crippen LogP) is 5.09. The van der Waals surface area contributed by atoms with Crippen LogP contribution < -0.4 is 5.32 Å². The molecule has 2 aromatic rings. The highest BCUT2D eigenvalue weighted by atomic mass is 32.2. The van der Waals surface area contributed by atoms with Crippen LogP contribution in [0.1, 0.15) is 23.3 Å². The minimum atomic E-state index is -4.44. The van der Waals surface area contributed by atoms with Gasteiger partial charge in [-0.25, -0.2) is 0 Å². The third kappa shape index (κ3) is 6.07. The number of amides is 1. The van der Waals surface area contributed by atoms with Crippen molar-refractivity contribution in [3.8, 4) is 0 Å². The van der Waals surface area contributed by atoms with Crippen LogP contribution >= 0.6 is 11.8 Å². The van der Waals surface area contributed by atoms with Crippen molar-refractivity contribution in [2.24, 2.45) is 0 Å². The van der Waals surface area contributed by atoms with Crippen molar-refractivity contribution in [1.29, 1.82) is 0 Å². The summed E-state index contributed by atoms with van der Waals surface area (Å²) in [7, 11) is 0. The van der Waals surface area contributed by atoms with Gasteiger partial charge in [-0.05, 0) is 41.4 Å². The summed E-state index contributed by atoms with van der Waals surface area (Å²) in [4.78, 5) is 21.1. The molecule has 0 fully saturated rings. The molecule has 5 nitrogen and oxygen atoms in total. The number of halogens is 3. The number of rotatable bonds is 6.